The standard InChI is InChI=1S/C22H18ClF2N3O2/c1-27-7-8-28(22(27)29)19-4-3-13(9-18(19)23)16-11-15(24)12-17(21(16)30-2)14-5-6-26-20(25)10-14/h3-6,9-12H,7-8H2,1-2H3. The lowest BCUT2D eigenvalue weighted by Gasteiger charge is -2.19. The minimum Gasteiger partial charge on any atom is -0.495 e. The summed E-state index contributed by atoms with van der Waals surface area (Å²) in [6.45, 7) is 1.15. The summed E-state index contributed by atoms with van der Waals surface area (Å²) in [6.07, 6.45) is 1.31. The Morgan fingerprint density at radius 2 is 1.73 bits per heavy atom. The fourth-order valence-electron chi connectivity index (χ4n) is 3.58. The minimum atomic E-state index is -0.673. The number of amides is 2. The molecule has 0 unspecified atom stereocenters. The van der Waals surface area contributed by atoms with E-state index in [4.69, 9.17) is 16.3 Å². The number of urea groups is 1. The summed E-state index contributed by atoms with van der Waals surface area (Å²) in [5.41, 5.74) is 2.49. The zero-order chi connectivity index (χ0) is 21.4. The molecule has 0 N–H and O–H groups in total. The SMILES string of the molecule is COc1c(-c2ccnc(F)c2)cc(F)cc1-c1ccc(N2CCN(C)C2=O)c(Cl)c1. The van der Waals surface area contributed by atoms with Gasteiger partial charge in [-0.05, 0) is 41.5 Å². The molecule has 30 heavy (non-hydrogen) atoms. The van der Waals surface area contributed by atoms with Crippen LogP contribution in [0.15, 0.2) is 48.7 Å². The van der Waals surface area contributed by atoms with Crippen molar-refractivity contribution < 1.29 is 18.3 Å². The average Bonchev–Trinajstić information content (AvgIpc) is 3.05. The Labute approximate surface area is 177 Å². The highest BCUT2D eigenvalue weighted by Crippen LogP contribution is 2.42. The Hall–Kier alpha value is -3.19. The van der Waals surface area contributed by atoms with Gasteiger partial charge >= 0.3 is 6.03 Å². The molecular weight excluding hydrogens is 412 g/mol. The van der Waals surface area contributed by atoms with Crippen molar-refractivity contribution >= 4 is 23.3 Å². The molecule has 1 aliphatic heterocycles. The summed E-state index contributed by atoms with van der Waals surface area (Å²) < 4.78 is 33.7. The van der Waals surface area contributed by atoms with E-state index >= 15 is 0 Å². The van der Waals surface area contributed by atoms with Crippen LogP contribution in [-0.2, 0) is 0 Å². The normalized spacial score (nSPS) is 13.8. The second-order valence-corrected chi connectivity index (χ2v) is 7.33. The van der Waals surface area contributed by atoms with Crippen LogP contribution in [0.1, 0.15) is 0 Å². The molecule has 2 amide bonds. The fourth-order valence-corrected chi connectivity index (χ4v) is 3.86. The molecule has 154 valence electrons. The first kappa shape index (κ1) is 20.1. The van der Waals surface area contributed by atoms with Crippen molar-refractivity contribution in [2.45, 2.75) is 0 Å². The quantitative estimate of drug-likeness (QED) is 0.534. The van der Waals surface area contributed by atoms with Crippen molar-refractivity contribution in [3.63, 3.8) is 0 Å². The molecule has 0 bridgehead atoms. The third-order valence-electron chi connectivity index (χ3n) is 5.06. The van der Waals surface area contributed by atoms with E-state index in [1.54, 1.807) is 41.1 Å². The zero-order valence-electron chi connectivity index (χ0n) is 16.3. The molecule has 4 rings (SSSR count). The van der Waals surface area contributed by atoms with E-state index in [-0.39, 0.29) is 6.03 Å². The van der Waals surface area contributed by atoms with Crippen molar-refractivity contribution in [3.05, 3.63) is 65.4 Å². The van der Waals surface area contributed by atoms with E-state index in [1.807, 2.05) is 0 Å². The largest absolute Gasteiger partial charge is 0.495 e. The third kappa shape index (κ3) is 3.57. The molecule has 1 saturated heterocycles. The number of benzene rings is 2. The average molecular weight is 430 g/mol. The molecule has 1 fully saturated rings. The van der Waals surface area contributed by atoms with E-state index in [0.717, 1.165) is 0 Å². The van der Waals surface area contributed by atoms with Crippen LogP contribution in [0.4, 0.5) is 19.3 Å². The molecule has 0 radical (unpaired) electrons. The number of anilines is 1. The van der Waals surface area contributed by atoms with Crippen molar-refractivity contribution in [3.8, 4) is 28.0 Å². The first-order valence-corrected chi connectivity index (χ1v) is 9.59. The van der Waals surface area contributed by atoms with Gasteiger partial charge in [0.05, 0.1) is 17.8 Å². The number of carbonyl (C=O) groups excluding carboxylic acids is 1. The molecule has 0 atom stereocenters. The van der Waals surface area contributed by atoms with E-state index in [2.05, 4.69) is 4.98 Å². The molecule has 1 aromatic heterocycles. The first-order chi connectivity index (χ1) is 14.4. The Bertz CT molecular complexity index is 1140. The lowest BCUT2D eigenvalue weighted by molar-refractivity contribution is 0.229. The number of halogens is 3. The van der Waals surface area contributed by atoms with Crippen LogP contribution in [0.3, 0.4) is 0 Å². The maximum absolute atomic E-state index is 14.5. The van der Waals surface area contributed by atoms with Gasteiger partial charge in [-0.25, -0.2) is 14.2 Å². The van der Waals surface area contributed by atoms with Gasteiger partial charge in [-0.15, -0.1) is 0 Å². The summed E-state index contributed by atoms with van der Waals surface area (Å²) in [4.78, 5) is 19.0. The topological polar surface area (TPSA) is 45.7 Å². The Morgan fingerprint density at radius 1 is 1.03 bits per heavy atom. The monoisotopic (exact) mass is 429 g/mol. The maximum Gasteiger partial charge on any atom is 0.324 e. The van der Waals surface area contributed by atoms with Crippen molar-refractivity contribution in [2.75, 3.05) is 32.1 Å². The summed E-state index contributed by atoms with van der Waals surface area (Å²) in [5, 5.41) is 0.360. The van der Waals surface area contributed by atoms with Gasteiger partial charge in [-0.1, -0.05) is 17.7 Å². The van der Waals surface area contributed by atoms with Crippen LogP contribution in [0.2, 0.25) is 5.02 Å². The molecule has 0 aliphatic carbocycles. The van der Waals surface area contributed by atoms with Crippen LogP contribution >= 0.6 is 11.6 Å². The van der Waals surface area contributed by atoms with Crippen LogP contribution in [0.25, 0.3) is 22.3 Å². The number of likely N-dealkylation sites (N-methyl/N-ethyl adjacent to an activating group) is 1. The van der Waals surface area contributed by atoms with Gasteiger partial charge in [0.2, 0.25) is 5.95 Å². The highest BCUT2D eigenvalue weighted by atomic mass is 35.5. The molecule has 3 aromatic rings. The van der Waals surface area contributed by atoms with Gasteiger partial charge < -0.3 is 9.64 Å². The molecule has 0 spiro atoms. The molecular formula is C22H18ClF2N3O2. The van der Waals surface area contributed by atoms with Crippen molar-refractivity contribution in [1.82, 2.24) is 9.88 Å². The van der Waals surface area contributed by atoms with E-state index in [1.165, 1.54) is 31.5 Å². The van der Waals surface area contributed by atoms with Gasteiger partial charge in [-0.3, -0.25) is 4.90 Å². The lowest BCUT2D eigenvalue weighted by Crippen LogP contribution is -2.29. The Morgan fingerprint density at radius 3 is 2.30 bits per heavy atom. The maximum atomic E-state index is 14.5. The summed E-state index contributed by atoms with van der Waals surface area (Å²) in [5.74, 6) is -0.801. The highest BCUT2D eigenvalue weighted by molar-refractivity contribution is 6.34. The number of methoxy groups -OCH3 is 1. The minimum absolute atomic E-state index is 0.130. The number of pyridine rings is 1. The Kier molecular flexibility index (Phi) is 5.30. The van der Waals surface area contributed by atoms with Crippen molar-refractivity contribution in [1.29, 1.82) is 0 Å². The number of hydrogen-bond donors (Lipinski definition) is 0. The Balaban J connectivity index is 1.81. The number of carbonyl (C=O) groups is 1. The second kappa shape index (κ2) is 7.91. The molecule has 8 heteroatoms. The molecule has 2 heterocycles. The first-order valence-electron chi connectivity index (χ1n) is 9.21. The lowest BCUT2D eigenvalue weighted by atomic mass is 9.97. The smallest absolute Gasteiger partial charge is 0.324 e. The number of ether oxygens (including phenoxy) is 1. The molecule has 2 aromatic carbocycles. The molecule has 1 aliphatic rings. The third-order valence-corrected chi connectivity index (χ3v) is 5.36. The number of nitrogens with zero attached hydrogens (tertiary/aromatic N) is 3. The fraction of sp³-hybridized carbons (Fsp3) is 0.182. The van der Waals surface area contributed by atoms with Crippen LogP contribution in [-0.4, -0.2) is 43.2 Å². The predicted octanol–water partition coefficient (Wildman–Crippen LogP) is 5.23. The predicted molar refractivity (Wildman–Crippen MR) is 112 cm³/mol. The highest BCUT2D eigenvalue weighted by Gasteiger charge is 2.28. The van der Waals surface area contributed by atoms with Gasteiger partial charge in [0, 0.05) is 43.5 Å². The zero-order valence-corrected chi connectivity index (χ0v) is 17.1. The van der Waals surface area contributed by atoms with Crippen LogP contribution in [0, 0.1) is 11.8 Å². The number of aromatic nitrogens is 1. The molecule has 0 saturated carbocycles. The van der Waals surface area contributed by atoms with Gasteiger partial charge in [0.15, 0.2) is 0 Å². The molecule has 5 nitrogen and oxygen atoms in total. The van der Waals surface area contributed by atoms with Crippen LogP contribution < -0.4 is 9.64 Å². The number of rotatable bonds is 4. The van der Waals surface area contributed by atoms with Crippen molar-refractivity contribution in [2.24, 2.45) is 0 Å². The summed E-state index contributed by atoms with van der Waals surface area (Å²) in [6, 6.07) is 10.4. The van der Waals surface area contributed by atoms with Gasteiger partial charge in [0.1, 0.15) is 11.6 Å². The summed E-state index contributed by atoms with van der Waals surface area (Å²) >= 11 is 6.48. The number of hydrogen-bond acceptors (Lipinski definition) is 3. The van der Waals surface area contributed by atoms with E-state index in [9.17, 15) is 13.6 Å². The van der Waals surface area contributed by atoms with Crippen LogP contribution in [0.5, 0.6) is 5.75 Å². The van der Waals surface area contributed by atoms with E-state index < -0.39 is 11.8 Å². The summed E-state index contributed by atoms with van der Waals surface area (Å²) in [7, 11) is 3.19. The van der Waals surface area contributed by atoms with Gasteiger partial charge in [-0.2, -0.15) is 4.39 Å². The van der Waals surface area contributed by atoms with E-state index in [0.29, 0.717) is 51.8 Å². The second-order valence-electron chi connectivity index (χ2n) is 6.92. The van der Waals surface area contributed by atoms with Gasteiger partial charge in [0.25, 0.3) is 0 Å².